The molecule has 1 heterocycles. The summed E-state index contributed by atoms with van der Waals surface area (Å²) in [5.41, 5.74) is 5.56. The van der Waals surface area contributed by atoms with Crippen molar-refractivity contribution in [2.45, 2.75) is 86.0 Å². The molecule has 0 saturated carbocycles. The van der Waals surface area contributed by atoms with Gasteiger partial charge in [0.2, 0.25) is 5.91 Å². The van der Waals surface area contributed by atoms with Crippen LogP contribution in [0, 0.1) is 13.8 Å². The van der Waals surface area contributed by atoms with Crippen LogP contribution in [0.25, 0.3) is 0 Å². The smallest absolute Gasteiger partial charge is 0.418 e. The van der Waals surface area contributed by atoms with Crippen LogP contribution in [0.15, 0.2) is 47.5 Å². The molecule has 0 bridgehead atoms. The van der Waals surface area contributed by atoms with E-state index in [0.29, 0.717) is 11.3 Å². The number of carbonyl (C=O) groups is 3. The second kappa shape index (κ2) is 10.8. The average molecular weight is 484 g/mol. The molecule has 2 rings (SSSR count). The molecule has 1 aliphatic rings. The molecule has 0 aromatic heterocycles. The Kier molecular flexibility index (Phi) is 8.58. The number of rotatable bonds is 5. The van der Waals surface area contributed by atoms with E-state index in [-0.39, 0.29) is 6.42 Å². The largest absolute Gasteiger partial charge is 0.444 e. The van der Waals surface area contributed by atoms with E-state index >= 15 is 0 Å². The Morgan fingerprint density at radius 3 is 2.23 bits per heavy atom. The number of benzene rings is 1. The second-order valence-electron chi connectivity index (χ2n) is 10.7. The van der Waals surface area contributed by atoms with Crippen molar-refractivity contribution in [2.24, 2.45) is 0 Å². The van der Waals surface area contributed by atoms with Crippen molar-refractivity contribution >= 4 is 23.8 Å². The zero-order valence-electron chi connectivity index (χ0n) is 22.2. The Balaban J connectivity index is 2.31. The van der Waals surface area contributed by atoms with Gasteiger partial charge in [0.05, 0.1) is 6.20 Å². The van der Waals surface area contributed by atoms with Crippen LogP contribution in [-0.4, -0.2) is 40.2 Å². The van der Waals surface area contributed by atoms with Crippen LogP contribution in [0.5, 0.6) is 0 Å². The number of hydrogen-bond donors (Lipinski definition) is 2. The maximum Gasteiger partial charge on any atom is 0.418 e. The molecule has 8 nitrogen and oxygen atoms in total. The highest BCUT2D eigenvalue weighted by molar-refractivity contribution is 5.97. The number of nitrogens with zero attached hydrogens (tertiary/aromatic N) is 1. The number of alkyl carbamates (subject to hydrolysis) is 1. The fraction of sp³-hybridized carbons (Fsp3) is 0.481. The zero-order valence-corrected chi connectivity index (χ0v) is 22.2. The van der Waals surface area contributed by atoms with Gasteiger partial charge in [-0.05, 0) is 90.7 Å². The van der Waals surface area contributed by atoms with Crippen LogP contribution < -0.4 is 10.6 Å². The summed E-state index contributed by atoms with van der Waals surface area (Å²) in [6.07, 6.45) is 1.92. The summed E-state index contributed by atoms with van der Waals surface area (Å²) in [7, 11) is 0. The molecule has 2 N–H and O–H groups in total. The number of aryl methyl sites for hydroxylation is 2. The van der Waals surface area contributed by atoms with Gasteiger partial charge in [-0.1, -0.05) is 17.9 Å². The summed E-state index contributed by atoms with van der Waals surface area (Å²) in [4.78, 5) is 39.7. The Hall–Kier alpha value is -3.51. The van der Waals surface area contributed by atoms with Crippen molar-refractivity contribution in [3.8, 4) is 0 Å². The first-order chi connectivity index (χ1) is 16.0. The van der Waals surface area contributed by atoms with Crippen LogP contribution in [0.1, 0.15) is 66.0 Å². The van der Waals surface area contributed by atoms with Gasteiger partial charge in [-0.15, -0.1) is 0 Å². The summed E-state index contributed by atoms with van der Waals surface area (Å²) in [6, 6.07) is 4.78. The van der Waals surface area contributed by atoms with Crippen molar-refractivity contribution in [1.82, 2.24) is 10.2 Å². The molecular formula is C27H37N3O5. The fourth-order valence-corrected chi connectivity index (χ4v) is 3.16. The summed E-state index contributed by atoms with van der Waals surface area (Å²) in [5.74, 6) is -0.406. The van der Waals surface area contributed by atoms with Crippen molar-refractivity contribution < 1.29 is 23.9 Å². The topological polar surface area (TPSA) is 97.0 Å². The van der Waals surface area contributed by atoms with Crippen LogP contribution in [0.3, 0.4) is 0 Å². The Labute approximate surface area is 208 Å². The van der Waals surface area contributed by atoms with Crippen LogP contribution in [0.2, 0.25) is 0 Å². The van der Waals surface area contributed by atoms with Gasteiger partial charge in [0.1, 0.15) is 17.2 Å². The minimum atomic E-state index is -0.966. The van der Waals surface area contributed by atoms with E-state index in [1.54, 1.807) is 47.7 Å². The third-order valence-electron chi connectivity index (χ3n) is 4.88. The molecule has 0 fully saturated rings. The highest BCUT2D eigenvalue weighted by atomic mass is 16.6. The first-order valence-electron chi connectivity index (χ1n) is 11.6. The lowest BCUT2D eigenvalue weighted by Gasteiger charge is -2.27. The third kappa shape index (κ3) is 8.98. The maximum absolute atomic E-state index is 13.3. The van der Waals surface area contributed by atoms with Gasteiger partial charge in [-0.2, -0.15) is 0 Å². The van der Waals surface area contributed by atoms with Crippen molar-refractivity contribution in [3.05, 3.63) is 58.6 Å². The predicted octanol–water partition coefficient (Wildman–Crippen LogP) is 5.72. The third-order valence-corrected chi connectivity index (χ3v) is 4.88. The molecule has 1 aromatic carbocycles. The van der Waals surface area contributed by atoms with Gasteiger partial charge in [-0.3, -0.25) is 9.69 Å². The molecule has 0 aliphatic carbocycles. The number of amides is 3. The molecule has 1 aliphatic heterocycles. The van der Waals surface area contributed by atoms with E-state index in [0.717, 1.165) is 16.7 Å². The van der Waals surface area contributed by atoms with Crippen LogP contribution in [-0.2, 0) is 14.3 Å². The number of ether oxygens (including phenoxy) is 2. The lowest BCUT2D eigenvalue weighted by Crippen LogP contribution is -2.46. The van der Waals surface area contributed by atoms with E-state index in [1.807, 2.05) is 39.0 Å². The minimum Gasteiger partial charge on any atom is -0.444 e. The standard InChI is InChI=1S/C27H37N3O5/c1-17-10-11-19(3)21(14-17)28-23(31)22(29-24(32)34-26(4,5)6)15-20-16-30(13-12-18(20)2)25(33)35-27(7,8)9/h10-11,13-14,16,22H,15H2,1-9H3,(H,28,31)(H,29,32). The quantitative estimate of drug-likeness (QED) is 0.522. The average Bonchev–Trinajstić information content (AvgIpc) is 2.69. The molecule has 1 atom stereocenters. The number of allylic oxidation sites excluding steroid dienone is 1. The normalized spacial score (nSPS) is 14.5. The van der Waals surface area contributed by atoms with Crippen molar-refractivity contribution in [1.29, 1.82) is 0 Å². The molecule has 0 spiro atoms. The van der Waals surface area contributed by atoms with Gasteiger partial charge in [0.25, 0.3) is 0 Å². The molecule has 0 saturated heterocycles. The molecule has 8 heteroatoms. The molecule has 190 valence electrons. The van der Waals surface area contributed by atoms with Gasteiger partial charge in [0, 0.05) is 18.3 Å². The highest BCUT2D eigenvalue weighted by Crippen LogP contribution is 2.23. The first kappa shape index (κ1) is 27.7. The monoisotopic (exact) mass is 483 g/mol. The molecule has 35 heavy (non-hydrogen) atoms. The van der Waals surface area contributed by atoms with Gasteiger partial charge >= 0.3 is 12.2 Å². The lowest BCUT2D eigenvalue weighted by molar-refractivity contribution is -0.118. The Morgan fingerprint density at radius 1 is 1.00 bits per heavy atom. The van der Waals surface area contributed by atoms with Gasteiger partial charge in [0.15, 0.2) is 0 Å². The molecule has 1 unspecified atom stereocenters. The number of nitrogens with one attached hydrogen (secondary N) is 2. The first-order valence-corrected chi connectivity index (χ1v) is 11.6. The number of carbonyl (C=O) groups excluding carboxylic acids is 3. The minimum absolute atomic E-state index is 0.113. The SMILES string of the molecule is CC1=C=CN(C(=O)OC(C)(C)C)C=C1CC(NC(=O)OC(C)(C)C)C(=O)Nc1cc(C)ccc1C. The number of hydrogen-bond acceptors (Lipinski definition) is 5. The van der Waals surface area contributed by atoms with Crippen LogP contribution >= 0.6 is 0 Å². The summed E-state index contributed by atoms with van der Waals surface area (Å²) >= 11 is 0. The van der Waals surface area contributed by atoms with Crippen molar-refractivity contribution in [3.63, 3.8) is 0 Å². The summed E-state index contributed by atoms with van der Waals surface area (Å²) in [6.45, 7) is 16.2. The molecule has 3 amide bonds. The predicted molar refractivity (Wildman–Crippen MR) is 136 cm³/mol. The lowest BCUT2D eigenvalue weighted by atomic mass is 9.99. The summed E-state index contributed by atoms with van der Waals surface area (Å²) in [5, 5.41) is 5.59. The maximum atomic E-state index is 13.3. The van der Waals surface area contributed by atoms with E-state index in [9.17, 15) is 14.4 Å². The van der Waals surface area contributed by atoms with Gasteiger partial charge in [-0.25, -0.2) is 9.59 Å². The Bertz CT molecular complexity index is 1080. The summed E-state index contributed by atoms with van der Waals surface area (Å²) < 4.78 is 10.8. The van der Waals surface area contributed by atoms with E-state index in [4.69, 9.17) is 9.47 Å². The molecular weight excluding hydrogens is 446 g/mol. The fourth-order valence-electron chi connectivity index (χ4n) is 3.16. The van der Waals surface area contributed by atoms with Crippen molar-refractivity contribution in [2.75, 3.05) is 5.32 Å². The molecule has 0 radical (unpaired) electrons. The van der Waals surface area contributed by atoms with E-state index < -0.39 is 35.3 Å². The highest BCUT2D eigenvalue weighted by Gasteiger charge is 2.28. The Morgan fingerprint density at radius 2 is 1.63 bits per heavy atom. The van der Waals surface area contributed by atoms with Crippen LogP contribution in [0.4, 0.5) is 15.3 Å². The number of anilines is 1. The zero-order chi connectivity index (χ0) is 26.6. The molecule has 1 aromatic rings. The van der Waals surface area contributed by atoms with Gasteiger partial charge < -0.3 is 20.1 Å². The van der Waals surface area contributed by atoms with E-state index in [1.165, 1.54) is 11.1 Å². The second-order valence-corrected chi connectivity index (χ2v) is 10.7. The van der Waals surface area contributed by atoms with E-state index in [2.05, 4.69) is 16.4 Å².